The van der Waals surface area contributed by atoms with Crippen LogP contribution < -0.4 is 10.5 Å². The van der Waals surface area contributed by atoms with Gasteiger partial charge in [0.05, 0.1) is 5.02 Å². The topological polar surface area (TPSA) is 91.7 Å². The Bertz CT molecular complexity index is 779. The average Bonchev–Trinajstić information content (AvgIpc) is 2.95. The molecule has 7 nitrogen and oxygen atoms in total. The van der Waals surface area contributed by atoms with Crippen LogP contribution in [0.15, 0.2) is 36.7 Å². The van der Waals surface area contributed by atoms with Gasteiger partial charge in [0.25, 0.3) is 5.95 Å². The summed E-state index contributed by atoms with van der Waals surface area (Å²) < 4.78 is 19.8. The third kappa shape index (κ3) is 2.90. The van der Waals surface area contributed by atoms with Gasteiger partial charge < -0.3 is 10.5 Å². The molecule has 0 atom stereocenters. The van der Waals surface area contributed by atoms with E-state index in [-0.39, 0.29) is 28.7 Å². The molecule has 0 saturated heterocycles. The highest BCUT2D eigenvalue weighted by Gasteiger charge is 2.11. The lowest BCUT2D eigenvalue weighted by Crippen LogP contribution is -2.08. The Kier molecular flexibility index (Phi) is 3.36. The molecule has 106 valence electrons. The minimum Gasteiger partial charge on any atom is -0.423 e. The highest BCUT2D eigenvalue weighted by Crippen LogP contribution is 2.28. The summed E-state index contributed by atoms with van der Waals surface area (Å²) in [6, 6.07) is 5.33. The molecule has 0 aliphatic carbocycles. The summed E-state index contributed by atoms with van der Waals surface area (Å²) in [7, 11) is 0. The highest BCUT2D eigenvalue weighted by atomic mass is 35.5. The van der Waals surface area contributed by atoms with E-state index in [0.717, 1.165) is 6.07 Å². The first-order chi connectivity index (χ1) is 10.1. The van der Waals surface area contributed by atoms with Gasteiger partial charge in [-0.1, -0.05) is 11.6 Å². The molecule has 2 heterocycles. The van der Waals surface area contributed by atoms with Crippen LogP contribution in [0, 0.1) is 5.82 Å². The van der Waals surface area contributed by atoms with Crippen LogP contribution in [0.1, 0.15) is 0 Å². The van der Waals surface area contributed by atoms with Gasteiger partial charge in [0, 0.05) is 12.4 Å². The van der Waals surface area contributed by atoms with Gasteiger partial charge in [0.15, 0.2) is 0 Å². The molecule has 0 spiro atoms. The predicted octanol–water partition coefficient (Wildman–Crippen LogP) is 2.22. The van der Waals surface area contributed by atoms with Crippen LogP contribution in [-0.4, -0.2) is 24.7 Å². The minimum absolute atomic E-state index is 0.0382. The van der Waals surface area contributed by atoms with Gasteiger partial charge >= 0.3 is 6.01 Å². The molecule has 1 aromatic carbocycles. The van der Waals surface area contributed by atoms with Crippen LogP contribution in [0.3, 0.4) is 0 Å². The minimum atomic E-state index is -0.472. The fraction of sp³-hybridized carbons (Fsp3) is 0. The van der Waals surface area contributed by atoms with E-state index < -0.39 is 5.82 Å². The normalized spacial score (nSPS) is 10.6. The van der Waals surface area contributed by atoms with Crippen molar-refractivity contribution in [2.75, 3.05) is 5.73 Å². The van der Waals surface area contributed by atoms with Gasteiger partial charge in [-0.2, -0.15) is 20.1 Å². The molecule has 0 bridgehead atoms. The largest absolute Gasteiger partial charge is 0.423 e. The fourth-order valence-corrected chi connectivity index (χ4v) is 1.76. The van der Waals surface area contributed by atoms with Crippen molar-refractivity contribution >= 4 is 17.5 Å². The molecule has 0 unspecified atom stereocenters. The van der Waals surface area contributed by atoms with E-state index in [1.54, 1.807) is 18.5 Å². The maximum absolute atomic E-state index is 13.0. The summed E-state index contributed by atoms with van der Waals surface area (Å²) in [6.45, 7) is 0. The number of hydrogen-bond acceptors (Lipinski definition) is 6. The Morgan fingerprint density at radius 3 is 2.81 bits per heavy atom. The zero-order chi connectivity index (χ0) is 14.8. The number of benzene rings is 1. The number of halogens is 2. The quantitative estimate of drug-likeness (QED) is 0.797. The second kappa shape index (κ2) is 5.33. The van der Waals surface area contributed by atoms with Crippen LogP contribution in [0.2, 0.25) is 5.02 Å². The number of nitrogens with two attached hydrogens (primary N) is 1. The molecule has 0 amide bonds. The molecule has 2 N–H and O–H groups in total. The van der Waals surface area contributed by atoms with Gasteiger partial charge in [0.2, 0.25) is 5.95 Å². The Balaban J connectivity index is 1.95. The first-order valence-electron chi connectivity index (χ1n) is 5.76. The van der Waals surface area contributed by atoms with E-state index in [0.29, 0.717) is 0 Å². The van der Waals surface area contributed by atoms with Crippen molar-refractivity contribution in [2.45, 2.75) is 0 Å². The first-order valence-corrected chi connectivity index (χ1v) is 6.14. The van der Waals surface area contributed by atoms with Crippen LogP contribution >= 0.6 is 11.6 Å². The van der Waals surface area contributed by atoms with Crippen molar-refractivity contribution in [3.8, 4) is 17.7 Å². The third-order valence-corrected chi connectivity index (χ3v) is 2.72. The number of hydrogen-bond donors (Lipinski definition) is 1. The molecule has 0 aliphatic rings. The second-order valence-corrected chi connectivity index (χ2v) is 4.31. The summed E-state index contributed by atoms with van der Waals surface area (Å²) >= 11 is 5.87. The number of nitrogen functional groups attached to an aromatic ring is 1. The molecule has 0 radical (unpaired) electrons. The summed E-state index contributed by atoms with van der Waals surface area (Å²) in [6.07, 6.45) is 3.21. The van der Waals surface area contributed by atoms with Crippen molar-refractivity contribution < 1.29 is 9.13 Å². The van der Waals surface area contributed by atoms with Crippen molar-refractivity contribution in [1.82, 2.24) is 24.7 Å². The molecular weight excluding hydrogens is 299 g/mol. The van der Waals surface area contributed by atoms with E-state index in [1.807, 2.05) is 0 Å². The molecule has 0 fully saturated rings. The average molecular weight is 307 g/mol. The molecule has 3 rings (SSSR count). The molecular formula is C12H8ClFN6O. The lowest BCUT2D eigenvalue weighted by atomic mass is 10.3. The highest BCUT2D eigenvalue weighted by molar-refractivity contribution is 6.32. The number of rotatable bonds is 3. The van der Waals surface area contributed by atoms with E-state index in [1.165, 1.54) is 16.8 Å². The molecule has 9 heteroatoms. The van der Waals surface area contributed by atoms with Gasteiger partial charge in [0.1, 0.15) is 11.6 Å². The third-order valence-electron chi connectivity index (χ3n) is 2.42. The molecule has 0 aliphatic heterocycles. The van der Waals surface area contributed by atoms with E-state index in [2.05, 4.69) is 20.1 Å². The Morgan fingerprint density at radius 2 is 2.10 bits per heavy atom. The van der Waals surface area contributed by atoms with Crippen molar-refractivity contribution in [3.05, 3.63) is 47.5 Å². The zero-order valence-corrected chi connectivity index (χ0v) is 11.2. The van der Waals surface area contributed by atoms with E-state index in [4.69, 9.17) is 22.1 Å². The zero-order valence-electron chi connectivity index (χ0n) is 10.4. The molecule has 0 saturated carbocycles. The Morgan fingerprint density at radius 1 is 1.24 bits per heavy atom. The lowest BCUT2D eigenvalue weighted by molar-refractivity contribution is 0.437. The number of nitrogens with zero attached hydrogens (tertiary/aromatic N) is 5. The predicted molar refractivity (Wildman–Crippen MR) is 72.8 cm³/mol. The molecule has 2 aromatic heterocycles. The van der Waals surface area contributed by atoms with Gasteiger partial charge in [-0.25, -0.2) is 9.07 Å². The van der Waals surface area contributed by atoms with Crippen molar-refractivity contribution in [1.29, 1.82) is 0 Å². The number of aromatic nitrogens is 5. The van der Waals surface area contributed by atoms with Crippen molar-refractivity contribution in [2.24, 2.45) is 0 Å². The van der Waals surface area contributed by atoms with E-state index in [9.17, 15) is 4.39 Å². The number of anilines is 1. The van der Waals surface area contributed by atoms with Crippen LogP contribution in [-0.2, 0) is 0 Å². The van der Waals surface area contributed by atoms with Gasteiger partial charge in [-0.15, -0.1) is 0 Å². The maximum Gasteiger partial charge on any atom is 0.328 e. The Labute approximate surface area is 123 Å². The fourth-order valence-electron chi connectivity index (χ4n) is 1.55. The summed E-state index contributed by atoms with van der Waals surface area (Å²) in [5.41, 5.74) is 5.61. The SMILES string of the molecule is Nc1nc(Oc2ccc(F)cc2Cl)nc(-n2cccn2)n1. The smallest absolute Gasteiger partial charge is 0.328 e. The first kappa shape index (κ1) is 13.3. The molecule has 21 heavy (non-hydrogen) atoms. The molecule has 3 aromatic rings. The number of ether oxygens (including phenoxy) is 1. The van der Waals surface area contributed by atoms with Crippen molar-refractivity contribution in [3.63, 3.8) is 0 Å². The lowest BCUT2D eigenvalue weighted by Gasteiger charge is -2.07. The second-order valence-electron chi connectivity index (χ2n) is 3.90. The standard InChI is InChI=1S/C12H8ClFN6O/c13-8-6-7(14)2-3-9(8)21-12-18-10(15)17-11(19-12)20-5-1-4-16-20/h1-6H,(H2,15,17,18,19). The monoisotopic (exact) mass is 306 g/mol. The maximum atomic E-state index is 13.0. The summed E-state index contributed by atoms with van der Waals surface area (Å²) in [4.78, 5) is 11.8. The van der Waals surface area contributed by atoms with Gasteiger partial charge in [-0.3, -0.25) is 0 Å². The summed E-state index contributed by atoms with van der Waals surface area (Å²) in [5, 5.41) is 4.07. The van der Waals surface area contributed by atoms with Crippen LogP contribution in [0.5, 0.6) is 11.8 Å². The van der Waals surface area contributed by atoms with Crippen LogP contribution in [0.25, 0.3) is 5.95 Å². The van der Waals surface area contributed by atoms with Gasteiger partial charge in [-0.05, 0) is 24.3 Å². The van der Waals surface area contributed by atoms with E-state index >= 15 is 0 Å². The summed E-state index contributed by atoms with van der Waals surface area (Å²) in [5.74, 6) is -0.112. The van der Waals surface area contributed by atoms with Crippen LogP contribution in [0.4, 0.5) is 10.3 Å². The Hall–Kier alpha value is -2.74.